The molecule has 0 bridgehead atoms. The van der Waals surface area contributed by atoms with Gasteiger partial charge >= 0.3 is 0 Å². The van der Waals surface area contributed by atoms with Gasteiger partial charge in [-0.3, -0.25) is 0 Å². The van der Waals surface area contributed by atoms with E-state index < -0.39 is 5.41 Å². The topological polar surface area (TPSA) is 47.6 Å². The molecule has 0 aliphatic carbocycles. The molecule has 0 heterocycles. The zero-order valence-corrected chi connectivity index (χ0v) is 8.63. The Hall–Kier alpha value is -1.80. The maximum absolute atomic E-state index is 9.00. The Morgan fingerprint density at radius 2 is 1.86 bits per heavy atom. The summed E-state index contributed by atoms with van der Waals surface area (Å²) in [4.78, 5) is 0. The molecule has 0 saturated heterocycles. The third-order valence-corrected chi connectivity index (χ3v) is 2.32. The van der Waals surface area contributed by atoms with Crippen molar-refractivity contribution in [1.29, 1.82) is 10.5 Å². The van der Waals surface area contributed by atoms with Gasteiger partial charge in [0.15, 0.2) is 0 Å². The number of nitriles is 2. The lowest BCUT2D eigenvalue weighted by Gasteiger charge is -2.18. The molecule has 0 aliphatic heterocycles. The highest BCUT2D eigenvalue weighted by molar-refractivity contribution is 5.43. The first-order valence-corrected chi connectivity index (χ1v) is 4.44. The first-order chi connectivity index (χ1) is 6.51. The third-order valence-electron chi connectivity index (χ3n) is 2.32. The van der Waals surface area contributed by atoms with Crippen LogP contribution in [0.15, 0.2) is 18.2 Å². The van der Waals surface area contributed by atoms with Gasteiger partial charge in [0.25, 0.3) is 0 Å². The van der Waals surface area contributed by atoms with Crippen molar-refractivity contribution in [1.82, 2.24) is 0 Å². The molecule has 0 spiro atoms. The molecule has 0 fully saturated rings. The molecule has 1 aromatic rings. The summed E-state index contributed by atoms with van der Waals surface area (Å²) in [5.74, 6) is 0. The maximum Gasteiger partial charge on any atom is 0.0991 e. The van der Waals surface area contributed by atoms with Crippen molar-refractivity contribution in [2.75, 3.05) is 0 Å². The summed E-state index contributed by atoms with van der Waals surface area (Å²) in [6.07, 6.45) is 0. The minimum absolute atomic E-state index is 0.531. The van der Waals surface area contributed by atoms with Gasteiger partial charge in [-0.15, -0.1) is 0 Å². The standard InChI is InChI=1S/C12H12N2/c1-9-4-5-10(7-13)6-11(9)12(2,3)8-14/h4-6H,1-3H3. The third kappa shape index (κ3) is 1.75. The summed E-state index contributed by atoms with van der Waals surface area (Å²) in [6.45, 7) is 5.67. The van der Waals surface area contributed by atoms with Gasteiger partial charge in [-0.2, -0.15) is 10.5 Å². The second-order valence-corrected chi connectivity index (χ2v) is 3.88. The van der Waals surface area contributed by atoms with E-state index in [1.807, 2.05) is 26.8 Å². The Kier molecular flexibility index (Phi) is 2.58. The monoisotopic (exact) mass is 184 g/mol. The van der Waals surface area contributed by atoms with Crippen molar-refractivity contribution in [3.8, 4) is 12.1 Å². The van der Waals surface area contributed by atoms with Gasteiger partial charge in [-0.1, -0.05) is 6.07 Å². The molecule has 0 N–H and O–H groups in total. The Bertz CT molecular complexity index is 431. The van der Waals surface area contributed by atoms with Crippen LogP contribution >= 0.6 is 0 Å². The molecule has 2 nitrogen and oxygen atoms in total. The van der Waals surface area contributed by atoms with Gasteiger partial charge in [0.05, 0.1) is 23.1 Å². The molecule has 0 saturated carbocycles. The van der Waals surface area contributed by atoms with E-state index in [1.54, 1.807) is 12.1 Å². The highest BCUT2D eigenvalue weighted by atomic mass is 14.3. The van der Waals surface area contributed by atoms with Crippen LogP contribution in [0, 0.1) is 29.6 Å². The number of aryl methyl sites for hydroxylation is 1. The van der Waals surface area contributed by atoms with Crippen LogP contribution < -0.4 is 0 Å². The molecule has 70 valence electrons. The van der Waals surface area contributed by atoms with Crippen LogP contribution in [0.25, 0.3) is 0 Å². The smallest absolute Gasteiger partial charge is 0.0991 e. The predicted molar refractivity (Wildman–Crippen MR) is 54.5 cm³/mol. The molecule has 0 aromatic heterocycles. The van der Waals surface area contributed by atoms with Crippen LogP contribution in [0.2, 0.25) is 0 Å². The summed E-state index contributed by atoms with van der Waals surface area (Å²) < 4.78 is 0. The van der Waals surface area contributed by atoms with Crippen LogP contribution in [0.5, 0.6) is 0 Å². The lowest BCUT2D eigenvalue weighted by atomic mass is 9.83. The minimum Gasteiger partial charge on any atom is -0.197 e. The average Bonchev–Trinajstić information content (AvgIpc) is 2.18. The second kappa shape index (κ2) is 3.52. The molecule has 0 amide bonds. The fourth-order valence-corrected chi connectivity index (χ4v) is 1.43. The van der Waals surface area contributed by atoms with E-state index in [0.29, 0.717) is 5.56 Å². The molecule has 0 radical (unpaired) electrons. The average molecular weight is 184 g/mol. The van der Waals surface area contributed by atoms with Crippen LogP contribution in [0.3, 0.4) is 0 Å². The predicted octanol–water partition coefficient (Wildman–Crippen LogP) is 2.67. The molecule has 2 heteroatoms. The molecule has 0 unspecified atom stereocenters. The van der Waals surface area contributed by atoms with Gasteiger partial charge in [0, 0.05) is 0 Å². The summed E-state index contributed by atoms with van der Waals surface area (Å²) in [6, 6.07) is 9.76. The van der Waals surface area contributed by atoms with Crippen molar-refractivity contribution in [2.24, 2.45) is 0 Å². The summed E-state index contributed by atoms with van der Waals surface area (Å²) in [5.41, 5.74) is 2.06. The summed E-state index contributed by atoms with van der Waals surface area (Å²) >= 11 is 0. The molecular formula is C12H12N2. The first kappa shape index (κ1) is 10.3. The zero-order chi connectivity index (χ0) is 10.8. The van der Waals surface area contributed by atoms with Crippen molar-refractivity contribution in [3.63, 3.8) is 0 Å². The lowest BCUT2D eigenvalue weighted by Crippen LogP contribution is -2.15. The first-order valence-electron chi connectivity index (χ1n) is 4.44. The van der Waals surface area contributed by atoms with Gasteiger partial charge in [-0.05, 0) is 44.0 Å². The minimum atomic E-state index is -0.531. The largest absolute Gasteiger partial charge is 0.197 e. The van der Waals surface area contributed by atoms with Gasteiger partial charge in [0.1, 0.15) is 0 Å². The second-order valence-electron chi connectivity index (χ2n) is 3.88. The van der Waals surface area contributed by atoms with Crippen LogP contribution in [0.1, 0.15) is 30.5 Å². The Balaban J connectivity index is 3.36. The lowest BCUT2D eigenvalue weighted by molar-refractivity contribution is 0.681. The van der Waals surface area contributed by atoms with E-state index in [-0.39, 0.29) is 0 Å². The molecule has 14 heavy (non-hydrogen) atoms. The van der Waals surface area contributed by atoms with E-state index in [0.717, 1.165) is 11.1 Å². The van der Waals surface area contributed by atoms with Crippen LogP contribution in [0.4, 0.5) is 0 Å². The van der Waals surface area contributed by atoms with E-state index in [4.69, 9.17) is 10.5 Å². The van der Waals surface area contributed by atoms with E-state index in [9.17, 15) is 0 Å². The number of rotatable bonds is 1. The fourth-order valence-electron chi connectivity index (χ4n) is 1.43. The SMILES string of the molecule is Cc1ccc(C#N)cc1C(C)(C)C#N. The zero-order valence-electron chi connectivity index (χ0n) is 8.63. The Labute approximate surface area is 84.4 Å². The van der Waals surface area contributed by atoms with E-state index in [2.05, 4.69) is 12.1 Å². The highest BCUT2D eigenvalue weighted by Crippen LogP contribution is 2.26. The fraction of sp³-hybridized carbons (Fsp3) is 0.333. The van der Waals surface area contributed by atoms with Crippen molar-refractivity contribution >= 4 is 0 Å². The summed E-state index contributed by atoms with van der Waals surface area (Å²) in [5, 5.41) is 17.8. The number of nitrogens with zero attached hydrogens (tertiary/aromatic N) is 2. The number of hydrogen-bond acceptors (Lipinski definition) is 2. The van der Waals surface area contributed by atoms with Gasteiger partial charge in [-0.25, -0.2) is 0 Å². The summed E-state index contributed by atoms with van der Waals surface area (Å²) in [7, 11) is 0. The van der Waals surface area contributed by atoms with Gasteiger partial charge in [0.2, 0.25) is 0 Å². The molecule has 0 atom stereocenters. The normalized spacial score (nSPS) is 10.4. The van der Waals surface area contributed by atoms with E-state index >= 15 is 0 Å². The van der Waals surface area contributed by atoms with Gasteiger partial charge < -0.3 is 0 Å². The van der Waals surface area contributed by atoms with Crippen molar-refractivity contribution in [3.05, 3.63) is 34.9 Å². The van der Waals surface area contributed by atoms with Crippen molar-refractivity contribution < 1.29 is 0 Å². The quantitative estimate of drug-likeness (QED) is 0.673. The molecular weight excluding hydrogens is 172 g/mol. The highest BCUT2D eigenvalue weighted by Gasteiger charge is 2.21. The van der Waals surface area contributed by atoms with E-state index in [1.165, 1.54) is 0 Å². The Morgan fingerprint density at radius 3 is 2.36 bits per heavy atom. The number of hydrogen-bond donors (Lipinski definition) is 0. The maximum atomic E-state index is 9.00. The molecule has 1 rings (SSSR count). The van der Waals surface area contributed by atoms with Crippen LogP contribution in [-0.2, 0) is 5.41 Å². The van der Waals surface area contributed by atoms with Crippen LogP contribution in [-0.4, -0.2) is 0 Å². The number of benzene rings is 1. The molecule has 1 aromatic carbocycles. The van der Waals surface area contributed by atoms with Crippen molar-refractivity contribution in [2.45, 2.75) is 26.2 Å². The molecule has 0 aliphatic rings. The Morgan fingerprint density at radius 1 is 1.21 bits per heavy atom.